The summed E-state index contributed by atoms with van der Waals surface area (Å²) < 4.78 is 0. The molecule has 0 aliphatic rings. The standard InChI is InChI=1S/C12H30N4S3/c1-10(14,7-17)5-15-12(3,9-19)6-16-11(2,4-13)8-18/h15-19H,4-9,13-14H2,1-3H3/t10?,11-,12-/m0/s1. The van der Waals surface area contributed by atoms with E-state index >= 15 is 0 Å². The van der Waals surface area contributed by atoms with Crippen molar-refractivity contribution in [2.24, 2.45) is 11.5 Å². The molecule has 116 valence electrons. The molecule has 0 fully saturated rings. The van der Waals surface area contributed by atoms with Crippen LogP contribution in [0, 0.1) is 0 Å². The van der Waals surface area contributed by atoms with Crippen molar-refractivity contribution in [1.29, 1.82) is 0 Å². The molecule has 0 aromatic rings. The van der Waals surface area contributed by atoms with E-state index in [9.17, 15) is 0 Å². The molecular formula is C12H30N4S3. The molecule has 0 saturated carbocycles. The summed E-state index contributed by atoms with van der Waals surface area (Å²) in [4.78, 5) is 0. The van der Waals surface area contributed by atoms with Crippen LogP contribution in [0.15, 0.2) is 0 Å². The summed E-state index contributed by atoms with van der Waals surface area (Å²) in [6, 6.07) is 0. The molecule has 6 N–H and O–H groups in total. The van der Waals surface area contributed by atoms with Crippen molar-refractivity contribution in [2.75, 3.05) is 36.9 Å². The summed E-state index contributed by atoms with van der Waals surface area (Å²) in [5.41, 5.74) is 11.2. The molecular weight excluding hydrogens is 296 g/mol. The first-order chi connectivity index (χ1) is 8.66. The summed E-state index contributed by atoms with van der Waals surface area (Å²) in [6.45, 7) is 8.17. The van der Waals surface area contributed by atoms with Gasteiger partial charge >= 0.3 is 0 Å². The molecule has 0 saturated heterocycles. The van der Waals surface area contributed by atoms with Crippen LogP contribution in [0.2, 0.25) is 0 Å². The molecule has 0 radical (unpaired) electrons. The molecule has 7 heteroatoms. The highest BCUT2D eigenvalue weighted by Crippen LogP contribution is 2.11. The fourth-order valence-corrected chi connectivity index (χ4v) is 1.82. The van der Waals surface area contributed by atoms with Crippen LogP contribution in [0.5, 0.6) is 0 Å². The Morgan fingerprint density at radius 1 is 0.842 bits per heavy atom. The van der Waals surface area contributed by atoms with Gasteiger partial charge in [0, 0.05) is 53.5 Å². The van der Waals surface area contributed by atoms with Gasteiger partial charge < -0.3 is 22.1 Å². The second-order valence-corrected chi connectivity index (χ2v) is 7.11. The second-order valence-electron chi connectivity index (χ2n) is 6.16. The highest BCUT2D eigenvalue weighted by atomic mass is 32.1. The summed E-state index contributed by atoms with van der Waals surface area (Å²) in [5.74, 6) is 2.03. The quantitative estimate of drug-likeness (QED) is 0.292. The molecule has 0 rings (SSSR count). The van der Waals surface area contributed by atoms with Crippen LogP contribution in [0.4, 0.5) is 0 Å². The predicted molar refractivity (Wildman–Crippen MR) is 96.0 cm³/mol. The highest BCUT2D eigenvalue weighted by Gasteiger charge is 2.29. The Bertz CT molecular complexity index is 259. The average molecular weight is 327 g/mol. The van der Waals surface area contributed by atoms with Crippen molar-refractivity contribution in [3.8, 4) is 0 Å². The van der Waals surface area contributed by atoms with Crippen LogP contribution in [-0.4, -0.2) is 53.5 Å². The van der Waals surface area contributed by atoms with Gasteiger partial charge in [-0.25, -0.2) is 0 Å². The van der Waals surface area contributed by atoms with E-state index in [2.05, 4.69) is 62.4 Å². The maximum absolute atomic E-state index is 6.10. The van der Waals surface area contributed by atoms with E-state index in [4.69, 9.17) is 11.5 Å². The van der Waals surface area contributed by atoms with Crippen molar-refractivity contribution in [2.45, 2.75) is 37.4 Å². The fraction of sp³-hybridized carbons (Fsp3) is 1.00. The van der Waals surface area contributed by atoms with Crippen molar-refractivity contribution in [3.63, 3.8) is 0 Å². The monoisotopic (exact) mass is 326 g/mol. The van der Waals surface area contributed by atoms with Crippen molar-refractivity contribution in [1.82, 2.24) is 10.6 Å². The van der Waals surface area contributed by atoms with E-state index in [1.54, 1.807) is 0 Å². The van der Waals surface area contributed by atoms with E-state index in [0.29, 0.717) is 30.3 Å². The van der Waals surface area contributed by atoms with E-state index in [0.717, 1.165) is 6.54 Å². The first-order valence-electron chi connectivity index (χ1n) is 6.47. The Labute approximate surface area is 134 Å². The van der Waals surface area contributed by atoms with Gasteiger partial charge in [-0.05, 0) is 20.8 Å². The highest BCUT2D eigenvalue weighted by molar-refractivity contribution is 7.80. The Morgan fingerprint density at radius 2 is 1.32 bits per heavy atom. The van der Waals surface area contributed by atoms with Crippen molar-refractivity contribution < 1.29 is 0 Å². The molecule has 0 spiro atoms. The third kappa shape index (κ3) is 7.45. The first kappa shape index (κ1) is 19.9. The summed E-state index contributed by atoms with van der Waals surface area (Å²) in [5, 5.41) is 6.95. The summed E-state index contributed by atoms with van der Waals surface area (Å²) >= 11 is 13.0. The molecule has 0 heterocycles. The molecule has 4 nitrogen and oxygen atoms in total. The van der Waals surface area contributed by atoms with Crippen LogP contribution < -0.4 is 22.1 Å². The third-order valence-corrected chi connectivity index (χ3v) is 5.45. The molecule has 19 heavy (non-hydrogen) atoms. The predicted octanol–water partition coefficient (Wildman–Crippen LogP) is 0.149. The van der Waals surface area contributed by atoms with Crippen LogP contribution >= 0.6 is 37.9 Å². The Kier molecular flexibility index (Phi) is 8.75. The Hall–Kier alpha value is 0.890. The second kappa shape index (κ2) is 8.36. The molecule has 3 atom stereocenters. The van der Waals surface area contributed by atoms with Crippen LogP contribution in [0.3, 0.4) is 0 Å². The lowest BCUT2D eigenvalue weighted by atomic mass is 9.98. The number of nitrogens with two attached hydrogens (primary N) is 2. The molecule has 0 amide bonds. The molecule has 0 aromatic carbocycles. The van der Waals surface area contributed by atoms with Gasteiger partial charge in [-0.3, -0.25) is 0 Å². The molecule has 0 bridgehead atoms. The van der Waals surface area contributed by atoms with Gasteiger partial charge in [0.25, 0.3) is 0 Å². The van der Waals surface area contributed by atoms with Gasteiger partial charge in [-0.2, -0.15) is 37.9 Å². The number of thiol groups is 3. The largest absolute Gasteiger partial charge is 0.329 e. The zero-order chi connectivity index (χ0) is 15.2. The SMILES string of the molecule is CC(N)(CS)CN[C@](C)(CS)CN[C@@](C)(CN)CS. The van der Waals surface area contributed by atoms with Gasteiger partial charge in [0.2, 0.25) is 0 Å². The van der Waals surface area contributed by atoms with Crippen LogP contribution in [0.25, 0.3) is 0 Å². The van der Waals surface area contributed by atoms with Gasteiger partial charge in [0.15, 0.2) is 0 Å². The van der Waals surface area contributed by atoms with E-state index in [1.807, 2.05) is 6.92 Å². The van der Waals surface area contributed by atoms with Gasteiger partial charge in [-0.1, -0.05) is 0 Å². The first-order valence-corrected chi connectivity index (χ1v) is 8.37. The minimum atomic E-state index is -0.325. The van der Waals surface area contributed by atoms with Gasteiger partial charge in [0.05, 0.1) is 0 Å². The summed E-state index contributed by atoms with van der Waals surface area (Å²) in [7, 11) is 0. The minimum Gasteiger partial charge on any atom is -0.329 e. The lowest BCUT2D eigenvalue weighted by Crippen LogP contribution is -2.62. The Morgan fingerprint density at radius 3 is 1.68 bits per heavy atom. The number of nitrogens with one attached hydrogen (secondary N) is 2. The molecule has 1 unspecified atom stereocenters. The number of rotatable bonds is 10. The van der Waals surface area contributed by atoms with Gasteiger partial charge in [0.1, 0.15) is 0 Å². The zero-order valence-corrected chi connectivity index (χ0v) is 14.9. The molecule has 0 aliphatic carbocycles. The fourth-order valence-electron chi connectivity index (χ4n) is 1.25. The Balaban J connectivity index is 4.45. The third-order valence-electron chi connectivity index (χ3n) is 3.33. The van der Waals surface area contributed by atoms with Crippen molar-refractivity contribution >= 4 is 37.9 Å². The maximum Gasteiger partial charge on any atom is 0.0367 e. The minimum absolute atomic E-state index is 0.147. The smallest absolute Gasteiger partial charge is 0.0367 e. The number of hydrogen-bond donors (Lipinski definition) is 7. The lowest BCUT2D eigenvalue weighted by molar-refractivity contribution is 0.295. The van der Waals surface area contributed by atoms with Crippen molar-refractivity contribution in [3.05, 3.63) is 0 Å². The number of hydrogen-bond acceptors (Lipinski definition) is 7. The lowest BCUT2D eigenvalue weighted by Gasteiger charge is -2.37. The van der Waals surface area contributed by atoms with Gasteiger partial charge in [-0.15, -0.1) is 0 Å². The van der Waals surface area contributed by atoms with E-state index < -0.39 is 0 Å². The summed E-state index contributed by atoms with van der Waals surface area (Å²) in [6.07, 6.45) is 0. The average Bonchev–Trinajstić information content (AvgIpc) is 2.42. The normalized spacial score (nSPS) is 21.5. The van der Waals surface area contributed by atoms with E-state index in [1.165, 1.54) is 0 Å². The maximum atomic E-state index is 6.10. The molecule has 0 aliphatic heterocycles. The van der Waals surface area contributed by atoms with Crippen LogP contribution in [-0.2, 0) is 0 Å². The van der Waals surface area contributed by atoms with Crippen LogP contribution in [0.1, 0.15) is 20.8 Å². The van der Waals surface area contributed by atoms with E-state index in [-0.39, 0.29) is 16.6 Å². The zero-order valence-electron chi connectivity index (χ0n) is 12.2. The molecule has 0 aromatic heterocycles. The topological polar surface area (TPSA) is 76.1 Å².